The lowest BCUT2D eigenvalue weighted by atomic mass is 9.97. The third-order valence-electron chi connectivity index (χ3n) is 4.85. The minimum Gasteiger partial charge on any atom is -0.463 e. The van der Waals surface area contributed by atoms with Gasteiger partial charge >= 0.3 is 0 Å². The highest BCUT2D eigenvalue weighted by Crippen LogP contribution is 2.53. The Balaban J connectivity index is 1.75. The van der Waals surface area contributed by atoms with Crippen LogP contribution in [0.15, 0.2) is 99.1 Å². The molecule has 0 aliphatic carbocycles. The summed E-state index contributed by atoms with van der Waals surface area (Å²) in [4.78, 5) is 0.994. The Morgan fingerprint density at radius 2 is 1.48 bits per heavy atom. The summed E-state index contributed by atoms with van der Waals surface area (Å²) >= 11 is 14.9. The quantitative estimate of drug-likeness (QED) is 0.399. The maximum Gasteiger partial charge on any atom is 0.285 e. The smallest absolute Gasteiger partial charge is 0.285 e. The molecule has 0 aromatic heterocycles. The summed E-state index contributed by atoms with van der Waals surface area (Å²) < 4.78 is 34.1. The molecule has 2 atom stereocenters. The molecule has 0 amide bonds. The number of hydrogen-bond acceptors (Lipinski definition) is 4. The summed E-state index contributed by atoms with van der Waals surface area (Å²) in [6.07, 6.45) is 0. The summed E-state index contributed by atoms with van der Waals surface area (Å²) in [5.41, 5.74) is 1.21. The van der Waals surface area contributed by atoms with Crippen LogP contribution in [0.25, 0.3) is 0 Å². The molecule has 1 aliphatic heterocycles. The Kier molecular flexibility index (Phi) is 6.35. The van der Waals surface area contributed by atoms with Crippen molar-refractivity contribution in [3.8, 4) is 0 Å². The molecule has 0 unspecified atom stereocenters. The highest BCUT2D eigenvalue weighted by Gasteiger charge is 2.55. The van der Waals surface area contributed by atoms with E-state index in [-0.39, 0.29) is 10.8 Å². The number of sulfonamides is 1. The second-order valence-electron chi connectivity index (χ2n) is 7.11. The number of hydrogen-bond donors (Lipinski definition) is 0. The zero-order valence-corrected chi connectivity index (χ0v) is 19.6. The Morgan fingerprint density at radius 1 is 0.903 bits per heavy atom. The first kappa shape index (κ1) is 22.2. The van der Waals surface area contributed by atoms with Crippen molar-refractivity contribution < 1.29 is 13.2 Å². The van der Waals surface area contributed by atoms with Crippen molar-refractivity contribution in [2.45, 2.75) is 32.4 Å². The predicted octanol–water partition coefficient (Wildman–Crippen LogP) is 6.19. The standard InChI is InChI=1S/C23H19Cl2NO3S2/c1-16-12-14-19(15-13-16)31(27,28)26-22-23(24,25)20(17-8-4-2-5-9-17)21(29-22)30-18-10-6-3-7-11-18/h2-15,20-21H,1H3/b26-22+/t20-,21+/m1/s1. The van der Waals surface area contributed by atoms with Gasteiger partial charge in [-0.25, -0.2) is 0 Å². The predicted molar refractivity (Wildman–Crippen MR) is 127 cm³/mol. The van der Waals surface area contributed by atoms with Gasteiger partial charge in [-0.05, 0) is 36.8 Å². The summed E-state index contributed by atoms with van der Waals surface area (Å²) in [6, 6.07) is 25.5. The zero-order chi connectivity index (χ0) is 22.1. The molecule has 1 saturated heterocycles. The van der Waals surface area contributed by atoms with Crippen molar-refractivity contribution in [1.29, 1.82) is 0 Å². The molecule has 8 heteroatoms. The number of ether oxygens (including phenoxy) is 1. The third kappa shape index (κ3) is 4.77. The Labute approximate surface area is 196 Å². The van der Waals surface area contributed by atoms with Gasteiger partial charge in [-0.2, -0.15) is 8.42 Å². The molecule has 0 radical (unpaired) electrons. The van der Waals surface area contributed by atoms with Crippen molar-refractivity contribution in [2.24, 2.45) is 4.40 Å². The van der Waals surface area contributed by atoms with Crippen LogP contribution in [0.2, 0.25) is 0 Å². The lowest BCUT2D eigenvalue weighted by Crippen LogP contribution is -2.28. The second kappa shape index (κ2) is 8.87. The van der Waals surface area contributed by atoms with Gasteiger partial charge in [-0.15, -0.1) is 4.40 Å². The molecule has 0 N–H and O–H groups in total. The number of nitrogens with zero attached hydrogens (tertiary/aromatic N) is 1. The number of benzene rings is 3. The van der Waals surface area contributed by atoms with E-state index in [2.05, 4.69) is 4.40 Å². The molecule has 0 bridgehead atoms. The third-order valence-corrected chi connectivity index (χ3v) is 8.06. The molecule has 0 spiro atoms. The first-order valence-corrected chi connectivity index (χ1v) is 12.6. The largest absolute Gasteiger partial charge is 0.463 e. The fraction of sp³-hybridized carbons (Fsp3) is 0.174. The molecule has 1 heterocycles. The van der Waals surface area contributed by atoms with E-state index in [4.69, 9.17) is 27.9 Å². The summed E-state index contributed by atoms with van der Waals surface area (Å²) in [7, 11) is -4.05. The van der Waals surface area contributed by atoms with Crippen LogP contribution in [0.4, 0.5) is 0 Å². The molecular weight excluding hydrogens is 473 g/mol. The van der Waals surface area contributed by atoms with Gasteiger partial charge in [-0.3, -0.25) is 0 Å². The summed E-state index contributed by atoms with van der Waals surface area (Å²) in [6.45, 7) is 1.88. The molecular formula is C23H19Cl2NO3S2. The second-order valence-corrected chi connectivity index (χ2v) is 11.3. The number of rotatable bonds is 5. The molecule has 4 nitrogen and oxygen atoms in total. The number of alkyl halides is 2. The number of halogens is 2. The van der Waals surface area contributed by atoms with Crippen molar-refractivity contribution in [3.63, 3.8) is 0 Å². The minimum absolute atomic E-state index is 0.0498. The topological polar surface area (TPSA) is 55.7 Å². The van der Waals surface area contributed by atoms with E-state index in [1.165, 1.54) is 23.9 Å². The van der Waals surface area contributed by atoms with Crippen molar-refractivity contribution >= 4 is 50.9 Å². The minimum atomic E-state index is -4.05. The van der Waals surface area contributed by atoms with E-state index in [0.29, 0.717) is 0 Å². The van der Waals surface area contributed by atoms with Gasteiger partial charge in [0.25, 0.3) is 10.0 Å². The number of thioether (sulfide) groups is 1. The average Bonchev–Trinajstić information content (AvgIpc) is 2.98. The van der Waals surface area contributed by atoms with E-state index in [1.54, 1.807) is 12.1 Å². The normalized spacial score (nSPS) is 21.7. The molecule has 1 aliphatic rings. The molecule has 1 fully saturated rings. The molecule has 4 rings (SSSR count). The van der Waals surface area contributed by atoms with Gasteiger partial charge in [0.15, 0.2) is 5.44 Å². The Morgan fingerprint density at radius 3 is 2.10 bits per heavy atom. The lowest BCUT2D eigenvalue weighted by Gasteiger charge is -2.23. The fourth-order valence-electron chi connectivity index (χ4n) is 3.27. The average molecular weight is 492 g/mol. The SMILES string of the molecule is Cc1ccc(S(=O)(=O)/N=C2/O[C@@H](Sc3ccccc3)[C@@H](c3ccccc3)C2(Cl)Cl)cc1. The van der Waals surface area contributed by atoms with Crippen LogP contribution in [0.5, 0.6) is 0 Å². The van der Waals surface area contributed by atoms with Gasteiger partial charge < -0.3 is 4.74 Å². The van der Waals surface area contributed by atoms with Crippen molar-refractivity contribution in [2.75, 3.05) is 0 Å². The van der Waals surface area contributed by atoms with Crippen LogP contribution in [0.1, 0.15) is 17.0 Å². The van der Waals surface area contributed by atoms with Crippen LogP contribution in [0, 0.1) is 6.92 Å². The van der Waals surface area contributed by atoms with Gasteiger partial charge in [0, 0.05) is 4.90 Å². The molecule has 3 aromatic carbocycles. The maximum atomic E-state index is 12.9. The van der Waals surface area contributed by atoms with Crippen LogP contribution in [-0.2, 0) is 14.8 Å². The van der Waals surface area contributed by atoms with Crippen LogP contribution >= 0.6 is 35.0 Å². The van der Waals surface area contributed by atoms with Crippen LogP contribution < -0.4 is 0 Å². The molecule has 3 aromatic rings. The Bertz CT molecular complexity index is 1180. The number of aryl methyl sites for hydroxylation is 1. The fourth-order valence-corrected chi connectivity index (χ4v) is 6.38. The highest BCUT2D eigenvalue weighted by molar-refractivity contribution is 7.99. The van der Waals surface area contributed by atoms with Crippen LogP contribution in [-0.4, -0.2) is 24.1 Å². The van der Waals surface area contributed by atoms with Gasteiger partial charge in [0.05, 0.1) is 10.8 Å². The Hall–Kier alpha value is -1.99. The van der Waals surface area contributed by atoms with E-state index in [9.17, 15) is 8.42 Å². The summed E-state index contributed by atoms with van der Waals surface area (Å²) in [5, 5.41) is 0. The van der Waals surface area contributed by atoms with E-state index in [0.717, 1.165) is 16.0 Å². The first-order valence-electron chi connectivity index (χ1n) is 9.50. The van der Waals surface area contributed by atoms with E-state index >= 15 is 0 Å². The van der Waals surface area contributed by atoms with Gasteiger partial charge in [0.1, 0.15) is 0 Å². The highest BCUT2D eigenvalue weighted by atomic mass is 35.5. The summed E-state index contributed by atoms with van der Waals surface area (Å²) in [5.74, 6) is -0.757. The van der Waals surface area contributed by atoms with Gasteiger partial charge in [-0.1, -0.05) is 101 Å². The van der Waals surface area contributed by atoms with Crippen molar-refractivity contribution in [1.82, 2.24) is 0 Å². The van der Waals surface area contributed by atoms with E-state index in [1.807, 2.05) is 67.6 Å². The zero-order valence-electron chi connectivity index (χ0n) is 16.5. The molecule has 0 saturated carbocycles. The van der Waals surface area contributed by atoms with Crippen LogP contribution in [0.3, 0.4) is 0 Å². The van der Waals surface area contributed by atoms with E-state index < -0.39 is 25.7 Å². The molecule has 160 valence electrons. The van der Waals surface area contributed by atoms with Crippen molar-refractivity contribution in [3.05, 3.63) is 96.1 Å². The monoisotopic (exact) mass is 491 g/mol. The maximum absolute atomic E-state index is 12.9. The lowest BCUT2D eigenvalue weighted by molar-refractivity contribution is 0.293. The van der Waals surface area contributed by atoms with Gasteiger partial charge in [0.2, 0.25) is 10.2 Å². The first-order chi connectivity index (χ1) is 14.8. The molecule has 31 heavy (non-hydrogen) atoms.